The summed E-state index contributed by atoms with van der Waals surface area (Å²) in [5.41, 5.74) is 2.77. The number of fused-ring (bicyclic) bond motifs is 1. The molecule has 1 aliphatic rings. The summed E-state index contributed by atoms with van der Waals surface area (Å²) >= 11 is 0. The van der Waals surface area contributed by atoms with Crippen molar-refractivity contribution in [1.82, 2.24) is 10.2 Å². The number of hydrogen-bond acceptors (Lipinski definition) is 5. The van der Waals surface area contributed by atoms with Crippen LogP contribution in [-0.4, -0.2) is 50.6 Å². The van der Waals surface area contributed by atoms with Gasteiger partial charge in [-0.3, -0.25) is 9.59 Å². The van der Waals surface area contributed by atoms with Gasteiger partial charge in [0.05, 0.1) is 14.2 Å². The van der Waals surface area contributed by atoms with E-state index in [1.54, 1.807) is 55.5 Å². The highest BCUT2D eigenvalue weighted by molar-refractivity contribution is 5.97. The molecular weight excluding hydrogens is 463 g/mol. The molecule has 3 aromatic carbocycles. The first-order valence-corrected chi connectivity index (χ1v) is 11.7. The van der Waals surface area contributed by atoms with Crippen molar-refractivity contribution < 1.29 is 28.2 Å². The van der Waals surface area contributed by atoms with Gasteiger partial charge in [0, 0.05) is 36.3 Å². The minimum absolute atomic E-state index is 0.157. The first kappa shape index (κ1) is 25.0. The number of methoxy groups -OCH3 is 2. The normalized spacial score (nSPS) is 12.6. The minimum atomic E-state index is -0.328. The van der Waals surface area contributed by atoms with E-state index in [1.807, 2.05) is 18.2 Å². The predicted molar refractivity (Wildman–Crippen MR) is 133 cm³/mol. The van der Waals surface area contributed by atoms with E-state index in [0.717, 1.165) is 11.1 Å². The molecule has 0 aliphatic carbocycles. The summed E-state index contributed by atoms with van der Waals surface area (Å²) in [5.74, 6) is 1.05. The predicted octanol–water partition coefficient (Wildman–Crippen LogP) is 3.78. The lowest BCUT2D eigenvalue weighted by Gasteiger charge is -2.29. The molecule has 0 bridgehead atoms. The monoisotopic (exact) mass is 492 g/mol. The second-order valence-corrected chi connectivity index (χ2v) is 8.43. The molecule has 7 nitrogen and oxygen atoms in total. The maximum atomic E-state index is 14.1. The van der Waals surface area contributed by atoms with Gasteiger partial charge >= 0.3 is 0 Å². The van der Waals surface area contributed by atoms with E-state index in [0.29, 0.717) is 54.3 Å². The number of amides is 2. The summed E-state index contributed by atoms with van der Waals surface area (Å²) in [5, 5.41) is 2.85. The molecule has 0 aromatic heterocycles. The van der Waals surface area contributed by atoms with Crippen molar-refractivity contribution in [3.8, 4) is 17.2 Å². The van der Waals surface area contributed by atoms with Crippen LogP contribution in [0.25, 0.3) is 0 Å². The van der Waals surface area contributed by atoms with Crippen molar-refractivity contribution in [2.75, 3.05) is 33.9 Å². The largest absolute Gasteiger partial charge is 0.493 e. The van der Waals surface area contributed by atoms with Gasteiger partial charge in [0.2, 0.25) is 0 Å². The Balaban J connectivity index is 1.31. The van der Waals surface area contributed by atoms with Crippen LogP contribution in [-0.2, 0) is 24.2 Å². The molecule has 36 heavy (non-hydrogen) atoms. The van der Waals surface area contributed by atoms with Crippen molar-refractivity contribution in [3.05, 3.63) is 88.7 Å². The van der Waals surface area contributed by atoms with Gasteiger partial charge in [0.25, 0.3) is 11.8 Å². The van der Waals surface area contributed by atoms with Gasteiger partial charge in [0.15, 0.2) is 18.1 Å². The topological polar surface area (TPSA) is 77.1 Å². The molecule has 188 valence electrons. The van der Waals surface area contributed by atoms with Crippen LogP contribution in [0.5, 0.6) is 17.2 Å². The highest BCUT2D eigenvalue weighted by Crippen LogP contribution is 2.29. The maximum Gasteiger partial charge on any atom is 0.257 e. The molecular formula is C28H29FN2O5. The number of halogens is 1. The van der Waals surface area contributed by atoms with E-state index in [1.165, 1.54) is 6.07 Å². The number of rotatable bonds is 10. The summed E-state index contributed by atoms with van der Waals surface area (Å²) in [6.45, 7) is 0.931. The van der Waals surface area contributed by atoms with Crippen molar-refractivity contribution in [2.45, 2.75) is 19.4 Å². The number of hydrogen-bond donors (Lipinski definition) is 1. The molecule has 0 saturated heterocycles. The molecule has 1 N–H and O–H groups in total. The molecule has 8 heteroatoms. The highest BCUT2D eigenvalue weighted by atomic mass is 19.1. The van der Waals surface area contributed by atoms with Crippen molar-refractivity contribution in [3.63, 3.8) is 0 Å². The lowest BCUT2D eigenvalue weighted by molar-refractivity contribution is -0.123. The molecule has 0 radical (unpaired) electrons. The second kappa shape index (κ2) is 11.6. The first-order valence-electron chi connectivity index (χ1n) is 11.7. The van der Waals surface area contributed by atoms with Gasteiger partial charge in [-0.05, 0) is 48.7 Å². The average Bonchev–Trinajstić information content (AvgIpc) is 2.90. The number of carbonyl (C=O) groups is 2. The lowest BCUT2D eigenvalue weighted by atomic mass is 9.97. The van der Waals surface area contributed by atoms with Crippen LogP contribution >= 0.6 is 0 Å². The van der Waals surface area contributed by atoms with Gasteiger partial charge in [-0.2, -0.15) is 0 Å². The Morgan fingerprint density at radius 3 is 2.58 bits per heavy atom. The number of nitrogens with one attached hydrogen (secondary N) is 1. The SMILES string of the molecule is COc1ccc(CCNC(=O)COc2cccc3c2CCN(Cc2ccccc2F)C3=O)cc1OC. The molecule has 2 amide bonds. The van der Waals surface area contributed by atoms with E-state index < -0.39 is 0 Å². The van der Waals surface area contributed by atoms with Gasteiger partial charge in [-0.1, -0.05) is 30.3 Å². The molecule has 0 atom stereocenters. The fraction of sp³-hybridized carbons (Fsp3) is 0.286. The molecule has 0 spiro atoms. The molecule has 4 rings (SSSR count). The summed E-state index contributed by atoms with van der Waals surface area (Å²) in [4.78, 5) is 27.0. The minimum Gasteiger partial charge on any atom is -0.493 e. The second-order valence-electron chi connectivity index (χ2n) is 8.43. The molecule has 0 saturated carbocycles. The van der Waals surface area contributed by atoms with Gasteiger partial charge < -0.3 is 24.4 Å². The van der Waals surface area contributed by atoms with Crippen molar-refractivity contribution in [1.29, 1.82) is 0 Å². The Labute approximate surface area is 209 Å². The van der Waals surface area contributed by atoms with E-state index in [4.69, 9.17) is 14.2 Å². The fourth-order valence-electron chi connectivity index (χ4n) is 4.24. The van der Waals surface area contributed by atoms with Crippen LogP contribution in [0.2, 0.25) is 0 Å². The zero-order valence-electron chi connectivity index (χ0n) is 20.4. The molecule has 3 aromatic rings. The van der Waals surface area contributed by atoms with E-state index in [-0.39, 0.29) is 30.8 Å². The van der Waals surface area contributed by atoms with Crippen LogP contribution < -0.4 is 19.5 Å². The van der Waals surface area contributed by atoms with Crippen LogP contribution in [0.4, 0.5) is 4.39 Å². The van der Waals surface area contributed by atoms with Crippen LogP contribution in [0.15, 0.2) is 60.7 Å². The quantitative estimate of drug-likeness (QED) is 0.466. The van der Waals surface area contributed by atoms with Gasteiger partial charge in [0.1, 0.15) is 11.6 Å². The summed E-state index contributed by atoms with van der Waals surface area (Å²) in [7, 11) is 3.16. The Hall–Kier alpha value is -4.07. The number of carbonyl (C=O) groups excluding carboxylic acids is 2. The van der Waals surface area contributed by atoms with Crippen LogP contribution in [0.3, 0.4) is 0 Å². The number of nitrogens with zero attached hydrogens (tertiary/aromatic N) is 1. The van der Waals surface area contributed by atoms with E-state index in [2.05, 4.69) is 5.32 Å². The molecule has 1 heterocycles. The molecule has 0 unspecified atom stereocenters. The van der Waals surface area contributed by atoms with Crippen LogP contribution in [0, 0.1) is 5.82 Å². The smallest absolute Gasteiger partial charge is 0.257 e. The number of ether oxygens (including phenoxy) is 3. The number of benzene rings is 3. The Kier molecular flexibility index (Phi) is 8.05. The zero-order valence-corrected chi connectivity index (χ0v) is 20.4. The zero-order chi connectivity index (χ0) is 25.5. The van der Waals surface area contributed by atoms with Gasteiger partial charge in [-0.15, -0.1) is 0 Å². The molecule has 0 fully saturated rings. The van der Waals surface area contributed by atoms with Crippen molar-refractivity contribution in [2.24, 2.45) is 0 Å². The van der Waals surface area contributed by atoms with Crippen molar-refractivity contribution >= 4 is 11.8 Å². The summed E-state index contributed by atoms with van der Waals surface area (Å²) in [6.07, 6.45) is 1.19. The van der Waals surface area contributed by atoms with Crippen LogP contribution in [0.1, 0.15) is 27.0 Å². The third-order valence-electron chi connectivity index (χ3n) is 6.14. The summed E-state index contributed by atoms with van der Waals surface area (Å²) < 4.78 is 30.4. The van der Waals surface area contributed by atoms with E-state index in [9.17, 15) is 14.0 Å². The molecule has 1 aliphatic heterocycles. The fourth-order valence-corrected chi connectivity index (χ4v) is 4.24. The van der Waals surface area contributed by atoms with E-state index >= 15 is 0 Å². The Morgan fingerprint density at radius 2 is 1.81 bits per heavy atom. The maximum absolute atomic E-state index is 14.1. The summed E-state index contributed by atoms with van der Waals surface area (Å²) in [6, 6.07) is 17.3. The standard InChI is InChI=1S/C28H29FN2O5/c1-34-25-11-10-19(16-26(25)35-2)12-14-30-27(32)18-36-24-9-5-7-22-21(24)13-15-31(28(22)33)17-20-6-3-4-8-23(20)29/h3-11,16H,12-15,17-18H2,1-2H3,(H,30,32). The average molecular weight is 493 g/mol. The highest BCUT2D eigenvalue weighted by Gasteiger charge is 2.27. The third-order valence-corrected chi connectivity index (χ3v) is 6.14. The lowest BCUT2D eigenvalue weighted by Crippen LogP contribution is -2.37. The Bertz CT molecular complexity index is 1250. The Morgan fingerprint density at radius 1 is 1.00 bits per heavy atom. The first-order chi connectivity index (χ1) is 17.5. The van der Waals surface area contributed by atoms with Gasteiger partial charge in [-0.25, -0.2) is 4.39 Å². The third kappa shape index (κ3) is 5.76.